The third-order valence-corrected chi connectivity index (χ3v) is 2.81. The molecular formula is C14H16F2N2. The van der Waals surface area contributed by atoms with Gasteiger partial charge >= 0.3 is 0 Å². The van der Waals surface area contributed by atoms with Crippen molar-refractivity contribution in [3.05, 3.63) is 35.5 Å². The van der Waals surface area contributed by atoms with Crippen molar-refractivity contribution in [1.29, 1.82) is 0 Å². The lowest BCUT2D eigenvalue weighted by Crippen LogP contribution is -2.03. The van der Waals surface area contributed by atoms with E-state index in [0.29, 0.717) is 16.6 Å². The lowest BCUT2D eigenvalue weighted by Gasteiger charge is -2.11. The summed E-state index contributed by atoms with van der Waals surface area (Å²) in [5.41, 5.74) is 1.88. The van der Waals surface area contributed by atoms with Crippen LogP contribution >= 0.6 is 0 Å². The Bertz CT molecular complexity index is 567. The fourth-order valence-corrected chi connectivity index (χ4v) is 1.92. The van der Waals surface area contributed by atoms with Crippen LogP contribution in [0.2, 0.25) is 0 Å². The number of hydrogen-bond acceptors (Lipinski definition) is 2. The monoisotopic (exact) mass is 250 g/mol. The molecule has 0 fully saturated rings. The van der Waals surface area contributed by atoms with Crippen LogP contribution in [0, 0.1) is 11.6 Å². The number of halogens is 2. The van der Waals surface area contributed by atoms with Crippen LogP contribution in [-0.4, -0.2) is 11.5 Å². The molecule has 2 nitrogen and oxygen atoms in total. The second-order valence-corrected chi connectivity index (χ2v) is 4.22. The summed E-state index contributed by atoms with van der Waals surface area (Å²) in [6.07, 6.45) is 1.67. The highest BCUT2D eigenvalue weighted by Gasteiger charge is 2.11. The largest absolute Gasteiger partial charge is 0.384 e. The Kier molecular flexibility index (Phi) is 3.75. The molecule has 2 rings (SSSR count). The molecule has 0 amide bonds. The molecule has 4 heteroatoms. The quantitative estimate of drug-likeness (QED) is 0.890. The Morgan fingerprint density at radius 3 is 2.61 bits per heavy atom. The van der Waals surface area contributed by atoms with E-state index < -0.39 is 11.6 Å². The normalized spacial score (nSPS) is 10.9. The summed E-state index contributed by atoms with van der Waals surface area (Å²) >= 11 is 0. The lowest BCUT2D eigenvalue weighted by atomic mass is 10.1. The van der Waals surface area contributed by atoms with Gasteiger partial charge in [-0.25, -0.2) is 8.78 Å². The van der Waals surface area contributed by atoms with Gasteiger partial charge in [0.25, 0.3) is 0 Å². The highest BCUT2D eigenvalue weighted by atomic mass is 19.1. The summed E-state index contributed by atoms with van der Waals surface area (Å²) < 4.78 is 27.1. The summed E-state index contributed by atoms with van der Waals surface area (Å²) in [6, 6.07) is 4.00. The highest BCUT2D eigenvalue weighted by molar-refractivity contribution is 5.92. The molecule has 0 spiro atoms. The first-order valence-electron chi connectivity index (χ1n) is 6.18. The Balaban J connectivity index is 2.64. The van der Waals surface area contributed by atoms with E-state index in [4.69, 9.17) is 0 Å². The number of rotatable bonds is 4. The van der Waals surface area contributed by atoms with Gasteiger partial charge in [0.05, 0.1) is 10.9 Å². The van der Waals surface area contributed by atoms with Crippen LogP contribution in [0.25, 0.3) is 10.9 Å². The van der Waals surface area contributed by atoms with Crippen molar-refractivity contribution >= 4 is 16.6 Å². The average Bonchev–Trinajstić information content (AvgIpc) is 2.34. The molecule has 0 aliphatic carbocycles. The van der Waals surface area contributed by atoms with Crippen LogP contribution in [-0.2, 0) is 6.42 Å². The van der Waals surface area contributed by atoms with Gasteiger partial charge in [-0.15, -0.1) is 0 Å². The number of nitrogens with zero attached hydrogens (tertiary/aromatic N) is 1. The number of aromatic nitrogens is 1. The van der Waals surface area contributed by atoms with E-state index in [1.165, 1.54) is 6.07 Å². The second-order valence-electron chi connectivity index (χ2n) is 4.22. The SMILES string of the molecule is CCCNc1cc(CC)nc2cc(F)cc(F)c12. The van der Waals surface area contributed by atoms with Crippen molar-refractivity contribution in [2.24, 2.45) is 0 Å². The Hall–Kier alpha value is -1.71. The van der Waals surface area contributed by atoms with E-state index in [0.717, 1.165) is 31.1 Å². The lowest BCUT2D eigenvalue weighted by molar-refractivity contribution is 0.591. The van der Waals surface area contributed by atoms with Gasteiger partial charge < -0.3 is 5.32 Å². The maximum atomic E-state index is 13.9. The molecule has 96 valence electrons. The molecule has 0 saturated carbocycles. The predicted octanol–water partition coefficient (Wildman–Crippen LogP) is 3.90. The van der Waals surface area contributed by atoms with Gasteiger partial charge in [-0.1, -0.05) is 13.8 Å². The molecule has 1 aromatic heterocycles. The molecule has 2 aromatic rings. The molecule has 0 aliphatic rings. The topological polar surface area (TPSA) is 24.9 Å². The van der Waals surface area contributed by atoms with E-state index in [1.54, 1.807) is 0 Å². The second kappa shape index (κ2) is 5.29. The maximum absolute atomic E-state index is 13.9. The fraction of sp³-hybridized carbons (Fsp3) is 0.357. The number of fused-ring (bicyclic) bond motifs is 1. The average molecular weight is 250 g/mol. The van der Waals surface area contributed by atoms with Crippen molar-refractivity contribution in [3.63, 3.8) is 0 Å². The van der Waals surface area contributed by atoms with Crippen molar-refractivity contribution in [1.82, 2.24) is 4.98 Å². The van der Waals surface area contributed by atoms with Gasteiger partial charge in [-0.2, -0.15) is 0 Å². The molecule has 0 bridgehead atoms. The van der Waals surface area contributed by atoms with E-state index in [9.17, 15) is 8.78 Å². The van der Waals surface area contributed by atoms with Gasteiger partial charge in [-0.05, 0) is 18.9 Å². The zero-order valence-electron chi connectivity index (χ0n) is 10.6. The predicted molar refractivity (Wildman–Crippen MR) is 69.8 cm³/mol. The molecule has 0 saturated heterocycles. The van der Waals surface area contributed by atoms with Gasteiger partial charge in [0.2, 0.25) is 0 Å². The maximum Gasteiger partial charge on any atom is 0.137 e. The first-order valence-corrected chi connectivity index (χ1v) is 6.18. The zero-order chi connectivity index (χ0) is 13.1. The first kappa shape index (κ1) is 12.7. The Labute approximate surface area is 105 Å². The van der Waals surface area contributed by atoms with Gasteiger partial charge in [0.1, 0.15) is 11.6 Å². The van der Waals surface area contributed by atoms with Gasteiger partial charge in [-0.3, -0.25) is 4.98 Å². The standard InChI is InChI=1S/C14H16F2N2/c1-3-5-17-12-8-10(4-2)18-13-7-9(15)6-11(16)14(12)13/h6-8H,3-5H2,1-2H3,(H,17,18). The summed E-state index contributed by atoms with van der Waals surface area (Å²) in [4.78, 5) is 4.26. The van der Waals surface area contributed by atoms with Crippen LogP contribution in [0.1, 0.15) is 26.0 Å². The van der Waals surface area contributed by atoms with Gasteiger partial charge in [0.15, 0.2) is 0 Å². The molecule has 0 aliphatic heterocycles. The smallest absolute Gasteiger partial charge is 0.137 e. The van der Waals surface area contributed by atoms with Gasteiger partial charge in [0, 0.05) is 30.1 Å². The minimum Gasteiger partial charge on any atom is -0.384 e. The fourth-order valence-electron chi connectivity index (χ4n) is 1.92. The molecule has 18 heavy (non-hydrogen) atoms. The molecule has 1 N–H and O–H groups in total. The summed E-state index contributed by atoms with van der Waals surface area (Å²) in [5, 5.41) is 3.53. The van der Waals surface area contributed by atoms with Crippen molar-refractivity contribution in [2.45, 2.75) is 26.7 Å². The van der Waals surface area contributed by atoms with E-state index in [1.807, 2.05) is 19.9 Å². The molecular weight excluding hydrogens is 234 g/mol. The van der Waals surface area contributed by atoms with Crippen molar-refractivity contribution < 1.29 is 8.78 Å². The third kappa shape index (κ3) is 2.42. The number of nitrogens with one attached hydrogen (secondary N) is 1. The molecule has 0 atom stereocenters. The first-order chi connectivity index (χ1) is 8.65. The minimum atomic E-state index is -0.595. The molecule has 0 radical (unpaired) electrons. The summed E-state index contributed by atoms with van der Waals surface area (Å²) in [5.74, 6) is -1.17. The summed E-state index contributed by atoms with van der Waals surface area (Å²) in [7, 11) is 0. The number of anilines is 1. The van der Waals surface area contributed by atoms with Crippen LogP contribution in [0.15, 0.2) is 18.2 Å². The van der Waals surface area contributed by atoms with Crippen LogP contribution in [0.4, 0.5) is 14.5 Å². The van der Waals surface area contributed by atoms with Crippen molar-refractivity contribution in [2.75, 3.05) is 11.9 Å². The number of aryl methyl sites for hydroxylation is 1. The molecule has 1 heterocycles. The summed E-state index contributed by atoms with van der Waals surface area (Å²) in [6.45, 7) is 4.75. The third-order valence-electron chi connectivity index (χ3n) is 2.81. The molecule has 1 aromatic carbocycles. The van der Waals surface area contributed by atoms with Crippen LogP contribution in [0.5, 0.6) is 0 Å². The number of hydrogen-bond donors (Lipinski definition) is 1. The molecule has 0 unspecified atom stereocenters. The minimum absolute atomic E-state index is 0.363. The highest BCUT2D eigenvalue weighted by Crippen LogP contribution is 2.27. The zero-order valence-corrected chi connectivity index (χ0v) is 10.6. The Morgan fingerprint density at radius 2 is 1.94 bits per heavy atom. The van der Waals surface area contributed by atoms with Crippen molar-refractivity contribution in [3.8, 4) is 0 Å². The number of pyridine rings is 1. The number of benzene rings is 1. The van der Waals surface area contributed by atoms with E-state index >= 15 is 0 Å². The van der Waals surface area contributed by atoms with Crippen LogP contribution in [0.3, 0.4) is 0 Å². The van der Waals surface area contributed by atoms with E-state index in [-0.39, 0.29) is 0 Å². The van der Waals surface area contributed by atoms with E-state index in [2.05, 4.69) is 10.3 Å². The van der Waals surface area contributed by atoms with Crippen LogP contribution < -0.4 is 5.32 Å². The Morgan fingerprint density at radius 1 is 1.17 bits per heavy atom.